The zero-order valence-corrected chi connectivity index (χ0v) is 12.3. The minimum atomic E-state index is 0.854. The Morgan fingerprint density at radius 1 is 1.24 bits per heavy atom. The van der Waals surface area contributed by atoms with Gasteiger partial charge in [-0.3, -0.25) is 4.90 Å². The number of nitrogens with zero attached hydrogens (tertiary/aromatic N) is 1. The summed E-state index contributed by atoms with van der Waals surface area (Å²) in [5.74, 6) is 2.12. The SMILES string of the molecule is CSc1ccc(CN(C)C2CC3CC(C3)C2)s1. The highest BCUT2D eigenvalue weighted by Gasteiger charge is 2.39. The van der Waals surface area contributed by atoms with Crippen molar-refractivity contribution in [2.45, 2.75) is 42.5 Å². The van der Waals surface area contributed by atoms with Gasteiger partial charge in [0.1, 0.15) is 0 Å². The maximum atomic E-state index is 2.59. The first-order valence-corrected chi connectivity index (χ1v) is 8.61. The van der Waals surface area contributed by atoms with E-state index in [0.29, 0.717) is 0 Å². The van der Waals surface area contributed by atoms with Gasteiger partial charge in [-0.15, -0.1) is 23.1 Å². The van der Waals surface area contributed by atoms with Crippen LogP contribution >= 0.6 is 23.1 Å². The molecule has 3 aliphatic carbocycles. The molecule has 3 heteroatoms. The van der Waals surface area contributed by atoms with E-state index in [-0.39, 0.29) is 0 Å². The molecule has 0 saturated heterocycles. The molecule has 0 spiro atoms. The van der Waals surface area contributed by atoms with Crippen molar-refractivity contribution in [1.82, 2.24) is 4.90 Å². The van der Waals surface area contributed by atoms with Gasteiger partial charge in [0, 0.05) is 17.5 Å². The highest BCUT2D eigenvalue weighted by Crippen LogP contribution is 2.46. The predicted molar refractivity (Wildman–Crippen MR) is 76.8 cm³/mol. The van der Waals surface area contributed by atoms with Gasteiger partial charge >= 0.3 is 0 Å². The van der Waals surface area contributed by atoms with Crippen molar-refractivity contribution in [3.05, 3.63) is 17.0 Å². The van der Waals surface area contributed by atoms with Crippen LogP contribution in [0.4, 0.5) is 0 Å². The van der Waals surface area contributed by atoms with E-state index in [1.54, 1.807) is 0 Å². The summed E-state index contributed by atoms with van der Waals surface area (Å²) in [6.07, 6.45) is 8.12. The van der Waals surface area contributed by atoms with Crippen LogP contribution in [0.1, 0.15) is 30.6 Å². The van der Waals surface area contributed by atoms with Crippen LogP contribution in [0.15, 0.2) is 16.3 Å². The van der Waals surface area contributed by atoms with Crippen molar-refractivity contribution in [3.63, 3.8) is 0 Å². The lowest BCUT2D eigenvalue weighted by Crippen LogP contribution is -2.44. The molecule has 0 atom stereocenters. The van der Waals surface area contributed by atoms with Gasteiger partial charge in [-0.05, 0) is 63.0 Å². The molecular formula is C14H21NS2. The van der Waals surface area contributed by atoms with Gasteiger partial charge in [0.05, 0.1) is 4.21 Å². The molecule has 4 rings (SSSR count). The van der Waals surface area contributed by atoms with Gasteiger partial charge in [0.2, 0.25) is 0 Å². The zero-order chi connectivity index (χ0) is 11.8. The molecule has 1 aromatic heterocycles. The molecule has 1 aromatic rings. The molecule has 0 aromatic carbocycles. The number of thiophene rings is 1. The van der Waals surface area contributed by atoms with E-state index in [1.165, 1.54) is 34.8 Å². The maximum Gasteiger partial charge on any atom is 0.0599 e. The van der Waals surface area contributed by atoms with Crippen molar-refractivity contribution >= 4 is 23.1 Å². The molecule has 0 radical (unpaired) electrons. The third-order valence-corrected chi connectivity index (χ3v) is 6.56. The molecule has 17 heavy (non-hydrogen) atoms. The van der Waals surface area contributed by atoms with E-state index in [0.717, 1.165) is 24.4 Å². The van der Waals surface area contributed by atoms with Crippen LogP contribution in [0, 0.1) is 11.8 Å². The lowest BCUT2D eigenvalue weighted by molar-refractivity contribution is 0.0326. The van der Waals surface area contributed by atoms with E-state index in [9.17, 15) is 0 Å². The fourth-order valence-electron chi connectivity index (χ4n) is 3.41. The highest BCUT2D eigenvalue weighted by molar-refractivity contribution is 8.00. The summed E-state index contributed by atoms with van der Waals surface area (Å²) in [7, 11) is 2.31. The van der Waals surface area contributed by atoms with E-state index < -0.39 is 0 Å². The van der Waals surface area contributed by atoms with Crippen molar-refractivity contribution in [2.75, 3.05) is 13.3 Å². The van der Waals surface area contributed by atoms with Crippen LogP contribution in [-0.4, -0.2) is 24.2 Å². The molecule has 0 aliphatic heterocycles. The van der Waals surface area contributed by atoms with E-state index >= 15 is 0 Å². The Balaban J connectivity index is 1.57. The zero-order valence-electron chi connectivity index (χ0n) is 10.7. The number of fused-ring (bicyclic) bond motifs is 2. The Labute approximate surface area is 113 Å². The molecular weight excluding hydrogens is 246 g/mol. The quantitative estimate of drug-likeness (QED) is 0.756. The average Bonchev–Trinajstić information content (AvgIpc) is 2.76. The topological polar surface area (TPSA) is 3.24 Å². The maximum absolute atomic E-state index is 2.59. The summed E-state index contributed by atoms with van der Waals surface area (Å²) in [6.45, 7) is 1.15. The Hall–Kier alpha value is 0.01000. The van der Waals surface area contributed by atoms with E-state index in [4.69, 9.17) is 0 Å². The second kappa shape index (κ2) is 4.94. The minimum absolute atomic E-state index is 0.854. The second-order valence-corrected chi connectivity index (χ2v) is 7.94. The van der Waals surface area contributed by atoms with E-state index in [2.05, 4.69) is 30.3 Å². The van der Waals surface area contributed by atoms with Crippen molar-refractivity contribution in [1.29, 1.82) is 0 Å². The highest BCUT2D eigenvalue weighted by atomic mass is 32.2. The summed E-state index contributed by atoms with van der Waals surface area (Å²) in [5.41, 5.74) is 0. The standard InChI is InChI=1S/C14H21NS2/c1-15(9-13-3-4-14(16-2)17-13)12-7-10-5-11(6-10)8-12/h3-4,10-12H,5-9H2,1-2H3. The summed E-state index contributed by atoms with van der Waals surface area (Å²) in [5, 5.41) is 0. The molecule has 0 N–H and O–H groups in total. The third kappa shape index (κ3) is 2.56. The first-order chi connectivity index (χ1) is 8.24. The number of thioether (sulfide) groups is 1. The summed E-state index contributed by atoms with van der Waals surface area (Å²) < 4.78 is 1.44. The van der Waals surface area contributed by atoms with Crippen LogP contribution in [-0.2, 0) is 6.54 Å². The summed E-state index contributed by atoms with van der Waals surface area (Å²) in [6, 6.07) is 5.42. The fraction of sp³-hybridized carbons (Fsp3) is 0.714. The van der Waals surface area contributed by atoms with Gasteiger partial charge in [0.15, 0.2) is 0 Å². The summed E-state index contributed by atoms with van der Waals surface area (Å²) in [4.78, 5) is 4.12. The molecule has 3 saturated carbocycles. The molecule has 3 fully saturated rings. The molecule has 3 aliphatic rings. The van der Waals surface area contributed by atoms with Gasteiger partial charge in [-0.1, -0.05) is 0 Å². The largest absolute Gasteiger partial charge is 0.298 e. The average molecular weight is 267 g/mol. The second-order valence-electron chi connectivity index (χ2n) is 5.67. The Kier molecular flexibility index (Phi) is 3.51. The smallest absolute Gasteiger partial charge is 0.0599 e. The Bertz CT molecular complexity index is 371. The number of hydrogen-bond donors (Lipinski definition) is 0. The molecule has 1 heterocycles. The molecule has 0 unspecified atom stereocenters. The van der Waals surface area contributed by atoms with Crippen LogP contribution in [0.5, 0.6) is 0 Å². The first kappa shape index (κ1) is 12.1. The van der Waals surface area contributed by atoms with Gasteiger partial charge in [0.25, 0.3) is 0 Å². The van der Waals surface area contributed by atoms with Crippen molar-refractivity contribution in [3.8, 4) is 0 Å². The summed E-state index contributed by atoms with van der Waals surface area (Å²) >= 11 is 3.82. The molecule has 0 amide bonds. The predicted octanol–water partition coefficient (Wildman–Crippen LogP) is 4.09. The van der Waals surface area contributed by atoms with Crippen molar-refractivity contribution in [2.24, 2.45) is 11.8 Å². The number of rotatable bonds is 4. The minimum Gasteiger partial charge on any atom is -0.298 e. The van der Waals surface area contributed by atoms with Crippen LogP contribution in [0.3, 0.4) is 0 Å². The fourth-order valence-corrected chi connectivity index (χ4v) is 5.07. The molecule has 2 bridgehead atoms. The van der Waals surface area contributed by atoms with Crippen LogP contribution in [0.2, 0.25) is 0 Å². The normalized spacial score (nSPS) is 31.6. The van der Waals surface area contributed by atoms with Gasteiger partial charge in [-0.25, -0.2) is 0 Å². The third-order valence-electron chi connectivity index (χ3n) is 4.41. The van der Waals surface area contributed by atoms with Gasteiger partial charge < -0.3 is 0 Å². The van der Waals surface area contributed by atoms with E-state index in [1.807, 2.05) is 23.1 Å². The monoisotopic (exact) mass is 267 g/mol. The lowest BCUT2D eigenvalue weighted by atomic mass is 9.63. The molecule has 94 valence electrons. The van der Waals surface area contributed by atoms with Gasteiger partial charge in [-0.2, -0.15) is 0 Å². The molecule has 1 nitrogen and oxygen atoms in total. The first-order valence-electron chi connectivity index (χ1n) is 6.57. The Morgan fingerprint density at radius 3 is 2.53 bits per heavy atom. The lowest BCUT2D eigenvalue weighted by Gasteiger charge is -2.48. The van der Waals surface area contributed by atoms with Crippen LogP contribution in [0.25, 0.3) is 0 Å². The number of hydrogen-bond acceptors (Lipinski definition) is 3. The Morgan fingerprint density at radius 2 is 1.94 bits per heavy atom. The van der Waals surface area contributed by atoms with Crippen molar-refractivity contribution < 1.29 is 0 Å². The van der Waals surface area contributed by atoms with Crippen LogP contribution < -0.4 is 0 Å².